The summed E-state index contributed by atoms with van der Waals surface area (Å²) in [6.07, 6.45) is 0. The van der Waals surface area contributed by atoms with Crippen LogP contribution >= 0.6 is 0 Å². The van der Waals surface area contributed by atoms with Crippen molar-refractivity contribution in [1.82, 2.24) is 10.2 Å². The van der Waals surface area contributed by atoms with Gasteiger partial charge in [0.2, 0.25) is 0 Å². The summed E-state index contributed by atoms with van der Waals surface area (Å²) in [5.74, 6) is -0.264. The molecule has 7 heteroatoms. The number of nitrogen functional groups attached to an aromatic ring is 1. The lowest BCUT2D eigenvalue weighted by Gasteiger charge is -2.18. The van der Waals surface area contributed by atoms with Crippen molar-refractivity contribution >= 4 is 17.3 Å². The Bertz CT molecular complexity index is 506. The number of amides is 1. The van der Waals surface area contributed by atoms with E-state index in [0.29, 0.717) is 17.8 Å². The maximum absolute atomic E-state index is 12.1. The minimum absolute atomic E-state index is 0.243. The quantitative estimate of drug-likeness (QED) is 0.345. The predicted molar refractivity (Wildman–Crippen MR) is 79.8 cm³/mol. The Balaban J connectivity index is 2.70. The van der Waals surface area contributed by atoms with Gasteiger partial charge in [-0.3, -0.25) is 4.79 Å². The Hall–Kier alpha value is -2.24. The fraction of sp³-hybridized carbons (Fsp3) is 0.462. The molecule has 0 aromatic heterocycles. The fourth-order valence-corrected chi connectivity index (χ4v) is 1.83. The van der Waals surface area contributed by atoms with Gasteiger partial charge in [0, 0.05) is 29.3 Å². The molecule has 0 spiro atoms. The van der Waals surface area contributed by atoms with Gasteiger partial charge in [0.1, 0.15) is 0 Å². The minimum Gasteiger partial charge on any atom is -0.399 e. The zero-order valence-corrected chi connectivity index (χ0v) is 11.8. The Morgan fingerprint density at radius 2 is 2.15 bits per heavy atom. The van der Waals surface area contributed by atoms with Crippen molar-refractivity contribution in [3.05, 3.63) is 34.2 Å². The lowest BCUT2D eigenvalue weighted by atomic mass is 10.1. The van der Waals surface area contributed by atoms with Crippen LogP contribution in [0.25, 0.3) is 10.4 Å². The first kappa shape index (κ1) is 15.8. The SMILES string of the molecule is CCN(CC)CCNC(=O)c1ccc(N)cc1N=[N+]=[N-]. The van der Waals surface area contributed by atoms with Crippen molar-refractivity contribution in [2.45, 2.75) is 13.8 Å². The largest absolute Gasteiger partial charge is 0.399 e. The third-order valence-corrected chi connectivity index (χ3v) is 3.03. The lowest BCUT2D eigenvalue weighted by Crippen LogP contribution is -2.34. The molecule has 108 valence electrons. The number of anilines is 1. The molecule has 1 aromatic carbocycles. The number of nitrogens with two attached hydrogens (primary N) is 1. The van der Waals surface area contributed by atoms with Crippen LogP contribution in [0.2, 0.25) is 0 Å². The van der Waals surface area contributed by atoms with E-state index in [-0.39, 0.29) is 11.6 Å². The molecule has 1 aromatic rings. The summed E-state index contributed by atoms with van der Waals surface area (Å²) < 4.78 is 0. The number of azide groups is 1. The van der Waals surface area contributed by atoms with Gasteiger partial charge < -0.3 is 16.0 Å². The monoisotopic (exact) mass is 276 g/mol. The van der Waals surface area contributed by atoms with E-state index in [9.17, 15) is 4.79 Å². The molecule has 0 saturated carbocycles. The molecule has 0 radical (unpaired) electrons. The molecule has 3 N–H and O–H groups in total. The molecule has 0 heterocycles. The maximum Gasteiger partial charge on any atom is 0.251 e. The third-order valence-electron chi connectivity index (χ3n) is 3.03. The standard InChI is InChI=1S/C13H20N6O/c1-3-19(4-2)8-7-16-13(20)11-6-5-10(14)9-12(11)17-18-15/h5-6,9H,3-4,7-8,14H2,1-2H3,(H,16,20). The van der Waals surface area contributed by atoms with E-state index >= 15 is 0 Å². The molecule has 0 saturated heterocycles. The number of hydrogen-bond acceptors (Lipinski definition) is 4. The number of likely N-dealkylation sites (N-methyl/N-ethyl adjacent to an activating group) is 1. The van der Waals surface area contributed by atoms with E-state index in [0.717, 1.165) is 19.6 Å². The van der Waals surface area contributed by atoms with Crippen LogP contribution in [0.15, 0.2) is 23.3 Å². The Morgan fingerprint density at radius 1 is 1.45 bits per heavy atom. The molecule has 0 unspecified atom stereocenters. The normalized spacial score (nSPS) is 10.2. The summed E-state index contributed by atoms with van der Waals surface area (Å²) in [7, 11) is 0. The first-order chi connectivity index (χ1) is 9.62. The van der Waals surface area contributed by atoms with Gasteiger partial charge in [-0.2, -0.15) is 0 Å². The smallest absolute Gasteiger partial charge is 0.251 e. The molecule has 0 aliphatic carbocycles. The van der Waals surface area contributed by atoms with Crippen LogP contribution in [0.4, 0.5) is 11.4 Å². The highest BCUT2D eigenvalue weighted by Crippen LogP contribution is 2.22. The van der Waals surface area contributed by atoms with Crippen molar-refractivity contribution in [3.63, 3.8) is 0 Å². The van der Waals surface area contributed by atoms with E-state index in [2.05, 4.69) is 34.1 Å². The number of carbonyl (C=O) groups excluding carboxylic acids is 1. The van der Waals surface area contributed by atoms with Crippen LogP contribution in [0.3, 0.4) is 0 Å². The van der Waals surface area contributed by atoms with E-state index in [1.807, 2.05) is 0 Å². The van der Waals surface area contributed by atoms with E-state index in [4.69, 9.17) is 11.3 Å². The van der Waals surface area contributed by atoms with Crippen LogP contribution in [0.5, 0.6) is 0 Å². The summed E-state index contributed by atoms with van der Waals surface area (Å²) in [5, 5.41) is 6.30. The molecule has 0 fully saturated rings. The van der Waals surface area contributed by atoms with Gasteiger partial charge in [0.15, 0.2) is 0 Å². The highest BCUT2D eigenvalue weighted by Gasteiger charge is 2.10. The minimum atomic E-state index is -0.264. The van der Waals surface area contributed by atoms with Crippen molar-refractivity contribution in [3.8, 4) is 0 Å². The molecular formula is C13H20N6O. The summed E-state index contributed by atoms with van der Waals surface area (Å²) in [5.41, 5.74) is 15.1. The molecule has 0 aliphatic heterocycles. The number of hydrogen-bond donors (Lipinski definition) is 2. The Kier molecular flexibility index (Phi) is 6.36. The van der Waals surface area contributed by atoms with Crippen LogP contribution < -0.4 is 11.1 Å². The summed E-state index contributed by atoms with van der Waals surface area (Å²) in [4.78, 5) is 17.0. The van der Waals surface area contributed by atoms with Gasteiger partial charge in [0.25, 0.3) is 5.91 Å². The van der Waals surface area contributed by atoms with Crippen LogP contribution in [-0.2, 0) is 0 Å². The molecule has 0 atom stereocenters. The molecule has 1 rings (SSSR count). The first-order valence-corrected chi connectivity index (χ1v) is 6.57. The highest BCUT2D eigenvalue weighted by molar-refractivity contribution is 5.99. The summed E-state index contributed by atoms with van der Waals surface area (Å²) in [6, 6.07) is 4.65. The zero-order chi connectivity index (χ0) is 15.0. The van der Waals surface area contributed by atoms with Gasteiger partial charge in [-0.15, -0.1) is 0 Å². The number of rotatable bonds is 7. The zero-order valence-electron chi connectivity index (χ0n) is 11.8. The van der Waals surface area contributed by atoms with Gasteiger partial charge in [-0.05, 0) is 36.8 Å². The van der Waals surface area contributed by atoms with Crippen molar-refractivity contribution in [2.24, 2.45) is 5.11 Å². The van der Waals surface area contributed by atoms with Gasteiger partial charge in [-0.25, -0.2) is 0 Å². The second-order valence-corrected chi connectivity index (χ2v) is 4.25. The first-order valence-electron chi connectivity index (χ1n) is 6.57. The predicted octanol–water partition coefficient (Wildman–Crippen LogP) is 2.28. The lowest BCUT2D eigenvalue weighted by molar-refractivity contribution is 0.0949. The molecule has 0 bridgehead atoms. The number of benzene rings is 1. The molecule has 20 heavy (non-hydrogen) atoms. The highest BCUT2D eigenvalue weighted by atomic mass is 16.1. The Labute approximate surface area is 118 Å². The van der Waals surface area contributed by atoms with Crippen molar-refractivity contribution in [2.75, 3.05) is 31.9 Å². The number of carbonyl (C=O) groups is 1. The second-order valence-electron chi connectivity index (χ2n) is 4.25. The van der Waals surface area contributed by atoms with E-state index < -0.39 is 0 Å². The second kappa shape index (κ2) is 8.04. The van der Waals surface area contributed by atoms with Crippen molar-refractivity contribution < 1.29 is 4.79 Å². The van der Waals surface area contributed by atoms with Crippen LogP contribution in [0.1, 0.15) is 24.2 Å². The van der Waals surface area contributed by atoms with Crippen LogP contribution in [-0.4, -0.2) is 37.0 Å². The summed E-state index contributed by atoms with van der Waals surface area (Å²) in [6.45, 7) is 7.36. The average Bonchev–Trinajstić information content (AvgIpc) is 2.44. The molecule has 1 amide bonds. The summed E-state index contributed by atoms with van der Waals surface area (Å²) >= 11 is 0. The van der Waals surface area contributed by atoms with Gasteiger partial charge >= 0.3 is 0 Å². The van der Waals surface area contributed by atoms with Crippen molar-refractivity contribution in [1.29, 1.82) is 0 Å². The average molecular weight is 276 g/mol. The maximum atomic E-state index is 12.1. The van der Waals surface area contributed by atoms with Gasteiger partial charge in [-0.1, -0.05) is 19.0 Å². The number of nitrogens with one attached hydrogen (secondary N) is 1. The van der Waals surface area contributed by atoms with Crippen LogP contribution in [0, 0.1) is 0 Å². The van der Waals surface area contributed by atoms with E-state index in [1.165, 1.54) is 6.07 Å². The van der Waals surface area contributed by atoms with E-state index in [1.54, 1.807) is 12.1 Å². The molecule has 0 aliphatic rings. The van der Waals surface area contributed by atoms with Gasteiger partial charge in [0.05, 0.1) is 5.69 Å². The fourth-order valence-electron chi connectivity index (χ4n) is 1.83. The molecule has 7 nitrogen and oxygen atoms in total. The Morgan fingerprint density at radius 3 is 2.75 bits per heavy atom. The number of nitrogens with zero attached hydrogens (tertiary/aromatic N) is 4. The topological polar surface area (TPSA) is 107 Å². The molecular weight excluding hydrogens is 256 g/mol. The third kappa shape index (κ3) is 4.46.